The molecule has 2 aromatic carbocycles. The van der Waals surface area contributed by atoms with Crippen LogP contribution in [0.4, 0.5) is 11.5 Å². The van der Waals surface area contributed by atoms with Crippen LogP contribution in [0.5, 0.6) is 11.5 Å². The molecule has 1 aromatic heterocycles. The van der Waals surface area contributed by atoms with Crippen LogP contribution in [0.1, 0.15) is 11.1 Å². The molecule has 174 valence electrons. The van der Waals surface area contributed by atoms with Gasteiger partial charge in [0.15, 0.2) is 16.7 Å². The highest BCUT2D eigenvalue weighted by Crippen LogP contribution is 2.28. The number of aryl methyl sites for hydroxylation is 1. The molecule has 1 N–H and O–H groups in total. The molecule has 3 rings (SSSR count). The maximum Gasteiger partial charge on any atom is 0.234 e. The average molecular weight is 487 g/mol. The zero-order valence-electron chi connectivity index (χ0n) is 19.1. The number of halogens is 1. The number of methoxy groups -OCH3 is 2. The largest absolute Gasteiger partial charge is 0.493 e. The SMILES string of the molecule is COc1ccc(CCN(C)c2cc(Cl)nc(SCC(=O)Nc3ccc(C)cc3)n2)cc1OC. The number of thioether (sulfide) groups is 1. The van der Waals surface area contributed by atoms with Crippen LogP contribution >= 0.6 is 23.4 Å². The molecule has 0 bridgehead atoms. The Kier molecular flexibility index (Phi) is 8.79. The number of aromatic nitrogens is 2. The van der Waals surface area contributed by atoms with Gasteiger partial charge in [-0.25, -0.2) is 9.97 Å². The second kappa shape index (κ2) is 11.8. The van der Waals surface area contributed by atoms with Crippen molar-refractivity contribution in [2.24, 2.45) is 0 Å². The van der Waals surface area contributed by atoms with Crippen LogP contribution in [0.3, 0.4) is 0 Å². The summed E-state index contributed by atoms with van der Waals surface area (Å²) in [5, 5.41) is 3.66. The minimum absolute atomic E-state index is 0.129. The molecule has 0 aliphatic carbocycles. The summed E-state index contributed by atoms with van der Waals surface area (Å²) >= 11 is 7.47. The molecule has 0 fully saturated rings. The van der Waals surface area contributed by atoms with E-state index in [1.54, 1.807) is 20.3 Å². The van der Waals surface area contributed by atoms with Crippen LogP contribution in [0, 0.1) is 6.92 Å². The third kappa shape index (κ3) is 7.27. The van der Waals surface area contributed by atoms with Gasteiger partial charge in [0, 0.05) is 25.3 Å². The molecule has 0 unspecified atom stereocenters. The molecule has 1 heterocycles. The Morgan fingerprint density at radius 1 is 1.06 bits per heavy atom. The Balaban J connectivity index is 1.58. The highest BCUT2D eigenvalue weighted by atomic mass is 35.5. The third-order valence-electron chi connectivity index (χ3n) is 4.90. The quantitative estimate of drug-likeness (QED) is 0.249. The van der Waals surface area contributed by atoms with Gasteiger partial charge in [0.1, 0.15) is 11.0 Å². The number of benzene rings is 2. The van der Waals surface area contributed by atoms with E-state index in [0.717, 1.165) is 23.2 Å². The van der Waals surface area contributed by atoms with Gasteiger partial charge in [0.25, 0.3) is 0 Å². The number of nitrogens with one attached hydrogen (secondary N) is 1. The van der Waals surface area contributed by atoms with Crippen molar-refractivity contribution in [3.05, 3.63) is 64.8 Å². The Labute approximate surface area is 203 Å². The number of nitrogens with zero attached hydrogens (tertiary/aromatic N) is 3. The van der Waals surface area contributed by atoms with Gasteiger partial charge in [-0.2, -0.15) is 0 Å². The number of carbonyl (C=O) groups excluding carboxylic acids is 1. The number of hydrogen-bond acceptors (Lipinski definition) is 7. The number of anilines is 2. The van der Waals surface area contributed by atoms with E-state index >= 15 is 0 Å². The summed E-state index contributed by atoms with van der Waals surface area (Å²) in [5.41, 5.74) is 3.01. The van der Waals surface area contributed by atoms with Crippen molar-refractivity contribution in [1.29, 1.82) is 0 Å². The molecule has 0 spiro atoms. The summed E-state index contributed by atoms with van der Waals surface area (Å²) in [7, 11) is 5.18. The monoisotopic (exact) mass is 486 g/mol. The first-order chi connectivity index (χ1) is 15.9. The molecule has 9 heteroatoms. The number of likely N-dealkylation sites (N-methyl/N-ethyl adjacent to an activating group) is 1. The van der Waals surface area contributed by atoms with Crippen LogP contribution in [0.25, 0.3) is 0 Å². The normalized spacial score (nSPS) is 10.6. The molecule has 7 nitrogen and oxygen atoms in total. The van der Waals surface area contributed by atoms with E-state index in [1.165, 1.54) is 11.8 Å². The molecular formula is C24H27ClN4O3S. The summed E-state index contributed by atoms with van der Waals surface area (Å²) in [6.07, 6.45) is 0.778. The van der Waals surface area contributed by atoms with E-state index in [0.29, 0.717) is 34.2 Å². The zero-order valence-corrected chi connectivity index (χ0v) is 20.7. The molecule has 0 saturated carbocycles. The summed E-state index contributed by atoms with van der Waals surface area (Å²) < 4.78 is 10.7. The lowest BCUT2D eigenvalue weighted by Gasteiger charge is -2.19. The van der Waals surface area contributed by atoms with E-state index in [1.807, 2.05) is 61.3 Å². The minimum Gasteiger partial charge on any atom is -0.493 e. The molecule has 0 atom stereocenters. The standard InChI is InChI=1S/C24H27ClN4O3S/c1-16-5-8-18(9-6-16)26-23(30)15-33-24-27-21(25)14-22(28-24)29(2)12-11-17-7-10-19(31-3)20(13-17)32-4/h5-10,13-14H,11-12,15H2,1-4H3,(H,26,30). The molecule has 1 amide bonds. The van der Waals surface area contributed by atoms with Gasteiger partial charge in [-0.15, -0.1) is 0 Å². The fraction of sp³-hybridized carbons (Fsp3) is 0.292. The second-order valence-corrected chi connectivity index (χ2v) is 8.72. The smallest absolute Gasteiger partial charge is 0.234 e. The Morgan fingerprint density at radius 3 is 2.48 bits per heavy atom. The van der Waals surface area contributed by atoms with Crippen LogP contribution in [0.15, 0.2) is 53.7 Å². The molecular weight excluding hydrogens is 460 g/mol. The first-order valence-corrected chi connectivity index (χ1v) is 11.7. The van der Waals surface area contributed by atoms with Gasteiger partial charge in [-0.1, -0.05) is 47.1 Å². The predicted molar refractivity (Wildman–Crippen MR) is 134 cm³/mol. The fourth-order valence-corrected chi connectivity index (χ4v) is 3.94. The first kappa shape index (κ1) is 24.7. The van der Waals surface area contributed by atoms with E-state index in [2.05, 4.69) is 15.3 Å². The van der Waals surface area contributed by atoms with Crippen molar-refractivity contribution in [3.63, 3.8) is 0 Å². The molecule has 0 saturated heterocycles. The van der Waals surface area contributed by atoms with Crippen molar-refractivity contribution in [2.75, 3.05) is 43.8 Å². The highest BCUT2D eigenvalue weighted by Gasteiger charge is 2.12. The molecule has 0 radical (unpaired) electrons. The Morgan fingerprint density at radius 2 is 1.79 bits per heavy atom. The van der Waals surface area contributed by atoms with Gasteiger partial charge in [0.2, 0.25) is 5.91 Å². The van der Waals surface area contributed by atoms with Crippen molar-refractivity contribution in [3.8, 4) is 11.5 Å². The third-order valence-corrected chi connectivity index (χ3v) is 5.94. The summed E-state index contributed by atoms with van der Waals surface area (Å²) in [4.78, 5) is 23.1. The molecule has 3 aromatic rings. The van der Waals surface area contributed by atoms with E-state index in [-0.39, 0.29) is 11.7 Å². The lowest BCUT2D eigenvalue weighted by molar-refractivity contribution is -0.113. The predicted octanol–water partition coefficient (Wildman–Crippen LogP) is 4.87. The topological polar surface area (TPSA) is 76.6 Å². The van der Waals surface area contributed by atoms with Crippen molar-refractivity contribution in [2.45, 2.75) is 18.5 Å². The number of ether oxygens (including phenoxy) is 2. The lowest BCUT2D eigenvalue weighted by atomic mass is 10.1. The number of rotatable bonds is 10. The Bertz CT molecular complexity index is 1100. The maximum atomic E-state index is 12.3. The minimum atomic E-state index is -0.129. The van der Waals surface area contributed by atoms with Gasteiger partial charge in [0.05, 0.1) is 20.0 Å². The number of carbonyl (C=O) groups is 1. The summed E-state index contributed by atoms with van der Waals surface area (Å²) in [5.74, 6) is 2.14. The van der Waals surface area contributed by atoms with Crippen LogP contribution < -0.4 is 19.7 Å². The summed E-state index contributed by atoms with van der Waals surface area (Å²) in [6.45, 7) is 2.71. The molecule has 33 heavy (non-hydrogen) atoms. The maximum absolute atomic E-state index is 12.3. The second-order valence-electron chi connectivity index (χ2n) is 7.40. The highest BCUT2D eigenvalue weighted by molar-refractivity contribution is 7.99. The van der Waals surface area contributed by atoms with Gasteiger partial charge in [-0.3, -0.25) is 4.79 Å². The molecule has 0 aliphatic heterocycles. The van der Waals surface area contributed by atoms with Gasteiger partial charge < -0.3 is 19.7 Å². The van der Waals surface area contributed by atoms with E-state index in [4.69, 9.17) is 21.1 Å². The van der Waals surface area contributed by atoms with Crippen molar-refractivity contribution in [1.82, 2.24) is 9.97 Å². The first-order valence-electron chi connectivity index (χ1n) is 10.3. The van der Waals surface area contributed by atoms with Crippen LogP contribution in [-0.4, -0.2) is 49.4 Å². The zero-order chi connectivity index (χ0) is 23.8. The van der Waals surface area contributed by atoms with E-state index < -0.39 is 0 Å². The van der Waals surface area contributed by atoms with Gasteiger partial charge in [-0.05, 0) is 43.2 Å². The van der Waals surface area contributed by atoms with Crippen LogP contribution in [0.2, 0.25) is 5.15 Å². The number of hydrogen-bond donors (Lipinski definition) is 1. The van der Waals surface area contributed by atoms with E-state index in [9.17, 15) is 4.79 Å². The van der Waals surface area contributed by atoms with Gasteiger partial charge >= 0.3 is 0 Å². The lowest BCUT2D eigenvalue weighted by Crippen LogP contribution is -2.22. The van der Waals surface area contributed by atoms with Crippen molar-refractivity contribution < 1.29 is 14.3 Å². The van der Waals surface area contributed by atoms with Crippen LogP contribution in [-0.2, 0) is 11.2 Å². The molecule has 0 aliphatic rings. The average Bonchev–Trinajstić information content (AvgIpc) is 2.82. The Hall–Kier alpha value is -2.97. The fourth-order valence-electron chi connectivity index (χ4n) is 3.06. The van der Waals surface area contributed by atoms with Crippen molar-refractivity contribution >= 4 is 40.8 Å². The number of amides is 1. The summed E-state index contributed by atoms with van der Waals surface area (Å²) in [6, 6.07) is 15.2.